The zero-order valence-electron chi connectivity index (χ0n) is 12.7. The smallest absolute Gasteiger partial charge is 0.0717 e. The van der Waals surface area contributed by atoms with Crippen LogP contribution in [0.3, 0.4) is 0 Å². The van der Waals surface area contributed by atoms with Crippen molar-refractivity contribution in [3.8, 4) is 0 Å². The standard InChI is InChI=1S/C17H29NO/c1-4-6-7-15(5-2)13-19-14-17-10-8-16(9-11-17)12-18-3/h8-11,15,18H,4-7,12-14H2,1-3H3. The van der Waals surface area contributed by atoms with Gasteiger partial charge in [-0.2, -0.15) is 0 Å². The summed E-state index contributed by atoms with van der Waals surface area (Å²) in [5.74, 6) is 0.725. The highest BCUT2D eigenvalue weighted by Gasteiger charge is 2.05. The molecule has 1 rings (SSSR count). The Morgan fingerprint density at radius 2 is 1.79 bits per heavy atom. The largest absolute Gasteiger partial charge is 0.376 e. The van der Waals surface area contributed by atoms with Crippen molar-refractivity contribution >= 4 is 0 Å². The van der Waals surface area contributed by atoms with E-state index in [0.717, 1.165) is 25.7 Å². The molecule has 0 amide bonds. The van der Waals surface area contributed by atoms with E-state index in [1.807, 2.05) is 7.05 Å². The van der Waals surface area contributed by atoms with E-state index in [9.17, 15) is 0 Å². The first-order valence-corrected chi connectivity index (χ1v) is 7.60. The van der Waals surface area contributed by atoms with Gasteiger partial charge in [0.05, 0.1) is 6.61 Å². The molecule has 0 aliphatic rings. The van der Waals surface area contributed by atoms with E-state index in [1.54, 1.807) is 0 Å². The Morgan fingerprint density at radius 3 is 2.37 bits per heavy atom. The highest BCUT2D eigenvalue weighted by atomic mass is 16.5. The summed E-state index contributed by atoms with van der Waals surface area (Å²) in [7, 11) is 1.97. The maximum Gasteiger partial charge on any atom is 0.0717 e. The molecule has 0 bridgehead atoms. The minimum absolute atomic E-state index is 0.725. The molecular formula is C17H29NO. The van der Waals surface area contributed by atoms with Crippen LogP contribution in [0.15, 0.2) is 24.3 Å². The Bertz CT molecular complexity index is 321. The molecule has 1 aromatic carbocycles. The quantitative estimate of drug-likeness (QED) is 0.685. The molecule has 0 saturated carbocycles. The van der Waals surface area contributed by atoms with Crippen molar-refractivity contribution in [1.29, 1.82) is 0 Å². The fraction of sp³-hybridized carbons (Fsp3) is 0.647. The first kappa shape index (κ1) is 16.2. The van der Waals surface area contributed by atoms with Crippen LogP contribution in [-0.2, 0) is 17.9 Å². The van der Waals surface area contributed by atoms with Gasteiger partial charge in [0.15, 0.2) is 0 Å². The fourth-order valence-electron chi connectivity index (χ4n) is 2.20. The molecule has 0 heterocycles. The van der Waals surface area contributed by atoms with Crippen molar-refractivity contribution in [3.05, 3.63) is 35.4 Å². The van der Waals surface area contributed by atoms with Gasteiger partial charge in [0, 0.05) is 13.2 Å². The lowest BCUT2D eigenvalue weighted by molar-refractivity contribution is 0.0820. The predicted octanol–water partition coefficient (Wildman–Crippen LogP) is 4.14. The molecule has 0 fully saturated rings. The third-order valence-corrected chi connectivity index (χ3v) is 3.57. The molecule has 0 aliphatic carbocycles. The van der Waals surface area contributed by atoms with Gasteiger partial charge in [-0.05, 0) is 30.5 Å². The van der Waals surface area contributed by atoms with E-state index in [4.69, 9.17) is 4.74 Å². The van der Waals surface area contributed by atoms with Crippen LogP contribution in [0.5, 0.6) is 0 Å². The maximum absolute atomic E-state index is 5.85. The van der Waals surface area contributed by atoms with Gasteiger partial charge < -0.3 is 10.1 Å². The van der Waals surface area contributed by atoms with Gasteiger partial charge in [0.25, 0.3) is 0 Å². The second-order valence-corrected chi connectivity index (χ2v) is 5.28. The van der Waals surface area contributed by atoms with E-state index >= 15 is 0 Å². The lowest BCUT2D eigenvalue weighted by atomic mass is 10.0. The molecule has 0 radical (unpaired) electrons. The van der Waals surface area contributed by atoms with Gasteiger partial charge in [-0.25, -0.2) is 0 Å². The summed E-state index contributed by atoms with van der Waals surface area (Å²) in [6, 6.07) is 8.67. The van der Waals surface area contributed by atoms with Crippen LogP contribution in [0, 0.1) is 5.92 Å². The molecule has 2 nitrogen and oxygen atoms in total. The van der Waals surface area contributed by atoms with Crippen LogP contribution in [0.4, 0.5) is 0 Å². The Hall–Kier alpha value is -0.860. The molecule has 0 aromatic heterocycles. The van der Waals surface area contributed by atoms with Crippen LogP contribution in [0.2, 0.25) is 0 Å². The number of hydrogen-bond donors (Lipinski definition) is 1. The predicted molar refractivity (Wildman–Crippen MR) is 82.2 cm³/mol. The number of rotatable bonds is 10. The molecule has 2 heteroatoms. The minimum atomic E-state index is 0.725. The van der Waals surface area contributed by atoms with Crippen LogP contribution in [0.1, 0.15) is 50.7 Å². The second-order valence-electron chi connectivity index (χ2n) is 5.28. The fourth-order valence-corrected chi connectivity index (χ4v) is 2.20. The van der Waals surface area contributed by atoms with E-state index in [0.29, 0.717) is 0 Å². The SMILES string of the molecule is CCCCC(CC)COCc1ccc(CNC)cc1. The van der Waals surface area contributed by atoms with E-state index in [2.05, 4.69) is 43.4 Å². The van der Waals surface area contributed by atoms with Gasteiger partial charge in [-0.15, -0.1) is 0 Å². The number of hydrogen-bond acceptors (Lipinski definition) is 2. The average molecular weight is 263 g/mol. The summed E-state index contributed by atoms with van der Waals surface area (Å²) in [4.78, 5) is 0. The molecule has 108 valence electrons. The molecule has 0 saturated heterocycles. The van der Waals surface area contributed by atoms with Gasteiger partial charge in [0.2, 0.25) is 0 Å². The van der Waals surface area contributed by atoms with Crippen LogP contribution >= 0.6 is 0 Å². The van der Waals surface area contributed by atoms with E-state index in [-0.39, 0.29) is 0 Å². The van der Waals surface area contributed by atoms with Crippen molar-refractivity contribution in [2.45, 2.75) is 52.7 Å². The number of benzene rings is 1. The van der Waals surface area contributed by atoms with Crippen molar-refractivity contribution in [2.75, 3.05) is 13.7 Å². The van der Waals surface area contributed by atoms with Crippen molar-refractivity contribution < 1.29 is 4.74 Å². The molecule has 0 aliphatic heterocycles. The molecule has 1 unspecified atom stereocenters. The normalized spacial score (nSPS) is 12.6. The van der Waals surface area contributed by atoms with E-state index in [1.165, 1.54) is 36.8 Å². The molecule has 19 heavy (non-hydrogen) atoms. The monoisotopic (exact) mass is 263 g/mol. The summed E-state index contributed by atoms with van der Waals surface area (Å²) in [5, 5.41) is 3.16. The number of nitrogens with one attached hydrogen (secondary N) is 1. The zero-order valence-corrected chi connectivity index (χ0v) is 12.7. The lowest BCUT2D eigenvalue weighted by Gasteiger charge is -2.14. The summed E-state index contributed by atoms with van der Waals surface area (Å²) in [6.07, 6.45) is 5.12. The molecule has 1 N–H and O–H groups in total. The maximum atomic E-state index is 5.85. The van der Waals surface area contributed by atoms with E-state index < -0.39 is 0 Å². The molecule has 1 atom stereocenters. The summed E-state index contributed by atoms with van der Waals surface area (Å²) < 4.78 is 5.85. The zero-order chi connectivity index (χ0) is 13.9. The van der Waals surface area contributed by atoms with Gasteiger partial charge in [-0.3, -0.25) is 0 Å². The lowest BCUT2D eigenvalue weighted by Crippen LogP contribution is -2.09. The summed E-state index contributed by atoms with van der Waals surface area (Å²) >= 11 is 0. The second kappa shape index (κ2) is 9.99. The first-order chi connectivity index (χ1) is 9.30. The summed E-state index contributed by atoms with van der Waals surface area (Å²) in [6.45, 7) is 7.07. The Balaban J connectivity index is 2.27. The van der Waals surface area contributed by atoms with Crippen LogP contribution in [0.25, 0.3) is 0 Å². The molecule has 0 spiro atoms. The third-order valence-electron chi connectivity index (χ3n) is 3.57. The molecular weight excluding hydrogens is 234 g/mol. The highest BCUT2D eigenvalue weighted by molar-refractivity contribution is 5.21. The first-order valence-electron chi connectivity index (χ1n) is 7.60. The van der Waals surface area contributed by atoms with Gasteiger partial charge in [0.1, 0.15) is 0 Å². The highest BCUT2D eigenvalue weighted by Crippen LogP contribution is 2.14. The number of ether oxygens (including phenoxy) is 1. The number of unbranched alkanes of at least 4 members (excludes halogenated alkanes) is 1. The van der Waals surface area contributed by atoms with Crippen molar-refractivity contribution in [1.82, 2.24) is 5.32 Å². The average Bonchev–Trinajstić information content (AvgIpc) is 2.44. The van der Waals surface area contributed by atoms with Crippen molar-refractivity contribution in [3.63, 3.8) is 0 Å². The van der Waals surface area contributed by atoms with Gasteiger partial charge in [-0.1, -0.05) is 57.4 Å². The van der Waals surface area contributed by atoms with Crippen LogP contribution in [-0.4, -0.2) is 13.7 Å². The Kier molecular flexibility index (Phi) is 8.52. The summed E-state index contributed by atoms with van der Waals surface area (Å²) in [5.41, 5.74) is 2.59. The Morgan fingerprint density at radius 1 is 1.11 bits per heavy atom. The van der Waals surface area contributed by atoms with Crippen LogP contribution < -0.4 is 5.32 Å². The van der Waals surface area contributed by atoms with Gasteiger partial charge >= 0.3 is 0 Å². The minimum Gasteiger partial charge on any atom is -0.376 e. The van der Waals surface area contributed by atoms with Crippen molar-refractivity contribution in [2.24, 2.45) is 5.92 Å². The topological polar surface area (TPSA) is 21.3 Å². The third kappa shape index (κ3) is 6.74. The molecule has 1 aromatic rings. The Labute approximate surface area is 118 Å².